The molecule has 0 saturated heterocycles. The van der Waals surface area contributed by atoms with Gasteiger partial charge in [0.25, 0.3) is 0 Å². The molecule has 0 spiro atoms. The standard InChI is InChI=1S/C23H21ClF3N7O/c1-29-21-14-4-3-13(11-5-15(25)19(27)16(26)6-11)20(14)32-23(28,33-21)12-7-17(35-2)22(30-8-12)34-9-18(24)31-10-34/h5-10,13,32H,3-4,28H2,1-2H3,(H,29,33). The Bertz CT molecular complexity index is 1370. The van der Waals surface area contributed by atoms with E-state index in [1.165, 1.54) is 13.4 Å². The minimum atomic E-state index is -1.50. The summed E-state index contributed by atoms with van der Waals surface area (Å²) in [6, 6.07) is 3.73. The molecule has 35 heavy (non-hydrogen) atoms. The molecule has 2 atom stereocenters. The van der Waals surface area contributed by atoms with Crippen LogP contribution in [0.25, 0.3) is 5.82 Å². The number of ether oxygens (including phenoxy) is 1. The number of aliphatic imine (C=N–C) groups is 1. The molecule has 0 fully saturated rings. The molecule has 2 unspecified atom stereocenters. The number of hydrogen-bond donors (Lipinski definition) is 3. The SMILES string of the molecule is CN=C1NC(N)(c2cnc(-n3cnc(Cl)c3)c(OC)c2)NC2=C1CCC2c1cc(F)c(F)c(F)c1. The van der Waals surface area contributed by atoms with Crippen LogP contribution in [0.5, 0.6) is 5.75 Å². The molecule has 182 valence electrons. The van der Waals surface area contributed by atoms with Gasteiger partial charge in [0.2, 0.25) is 0 Å². The third-order valence-corrected chi connectivity index (χ3v) is 6.42. The van der Waals surface area contributed by atoms with Gasteiger partial charge in [-0.05, 0) is 36.6 Å². The zero-order valence-corrected chi connectivity index (χ0v) is 19.5. The van der Waals surface area contributed by atoms with Crippen LogP contribution >= 0.6 is 11.6 Å². The summed E-state index contributed by atoms with van der Waals surface area (Å²) in [6.45, 7) is 0. The van der Waals surface area contributed by atoms with Gasteiger partial charge in [0.05, 0.1) is 7.11 Å². The van der Waals surface area contributed by atoms with Crippen LogP contribution in [0, 0.1) is 17.5 Å². The van der Waals surface area contributed by atoms with Gasteiger partial charge in [-0.3, -0.25) is 15.3 Å². The first-order valence-corrected chi connectivity index (χ1v) is 11.1. The number of nitrogens with zero attached hydrogens (tertiary/aromatic N) is 4. The quantitative estimate of drug-likeness (QED) is 0.471. The van der Waals surface area contributed by atoms with Crippen molar-refractivity contribution in [3.63, 3.8) is 0 Å². The fourth-order valence-corrected chi connectivity index (χ4v) is 4.70. The minimum Gasteiger partial charge on any atom is -0.493 e. The van der Waals surface area contributed by atoms with Crippen LogP contribution in [0.1, 0.15) is 29.9 Å². The molecule has 2 aromatic heterocycles. The van der Waals surface area contributed by atoms with Gasteiger partial charge in [-0.25, -0.2) is 23.1 Å². The summed E-state index contributed by atoms with van der Waals surface area (Å²) < 4.78 is 48.7. The number of aromatic nitrogens is 3. The Morgan fingerprint density at radius 3 is 2.57 bits per heavy atom. The number of imidazole rings is 1. The van der Waals surface area contributed by atoms with Crippen molar-refractivity contribution >= 4 is 17.4 Å². The average molecular weight is 504 g/mol. The van der Waals surface area contributed by atoms with E-state index in [1.807, 2.05) is 0 Å². The molecule has 0 amide bonds. The summed E-state index contributed by atoms with van der Waals surface area (Å²) in [5.74, 6) is -4.39. The van der Waals surface area contributed by atoms with Gasteiger partial charge < -0.3 is 15.4 Å². The third-order valence-electron chi connectivity index (χ3n) is 6.23. The van der Waals surface area contributed by atoms with Gasteiger partial charge in [0.1, 0.15) is 17.3 Å². The number of nitrogens with one attached hydrogen (secondary N) is 2. The number of methoxy groups -OCH3 is 1. The van der Waals surface area contributed by atoms with E-state index in [9.17, 15) is 13.2 Å². The van der Waals surface area contributed by atoms with Crippen molar-refractivity contribution in [3.8, 4) is 11.6 Å². The number of hydrogen-bond acceptors (Lipinski definition) is 6. The highest BCUT2D eigenvalue weighted by Crippen LogP contribution is 2.42. The van der Waals surface area contributed by atoms with Crippen LogP contribution in [-0.4, -0.2) is 34.5 Å². The Labute approximate surface area is 203 Å². The zero-order valence-electron chi connectivity index (χ0n) is 18.7. The van der Waals surface area contributed by atoms with E-state index in [1.54, 1.807) is 30.1 Å². The van der Waals surface area contributed by atoms with Gasteiger partial charge in [-0.1, -0.05) is 11.6 Å². The van der Waals surface area contributed by atoms with Gasteiger partial charge >= 0.3 is 0 Å². The lowest BCUT2D eigenvalue weighted by Crippen LogP contribution is -2.65. The molecule has 0 radical (unpaired) electrons. The Balaban J connectivity index is 1.55. The Morgan fingerprint density at radius 1 is 1.20 bits per heavy atom. The molecular formula is C23H21ClF3N7O. The number of rotatable bonds is 4. The number of pyridine rings is 1. The zero-order chi connectivity index (χ0) is 24.9. The van der Waals surface area contributed by atoms with Gasteiger partial charge in [0, 0.05) is 42.2 Å². The molecule has 12 heteroatoms. The maximum atomic E-state index is 14.0. The number of halogens is 4. The summed E-state index contributed by atoms with van der Waals surface area (Å²) in [5.41, 5.74) is 9.08. The highest BCUT2D eigenvalue weighted by atomic mass is 35.5. The summed E-state index contributed by atoms with van der Waals surface area (Å²) in [7, 11) is 3.12. The second-order valence-corrected chi connectivity index (χ2v) is 8.65. The fourth-order valence-electron chi connectivity index (χ4n) is 4.55. The molecular weight excluding hydrogens is 483 g/mol. The van der Waals surface area contributed by atoms with E-state index in [0.29, 0.717) is 52.2 Å². The second-order valence-electron chi connectivity index (χ2n) is 8.27. The molecule has 0 saturated carbocycles. The predicted octanol–water partition coefficient (Wildman–Crippen LogP) is 3.47. The van der Waals surface area contributed by atoms with Crippen molar-refractivity contribution in [3.05, 3.63) is 81.9 Å². The second kappa shape index (κ2) is 8.58. The largest absolute Gasteiger partial charge is 0.493 e. The maximum absolute atomic E-state index is 14.0. The van der Waals surface area contributed by atoms with Gasteiger partial charge in [0.15, 0.2) is 34.8 Å². The molecule has 8 nitrogen and oxygen atoms in total. The van der Waals surface area contributed by atoms with Crippen molar-refractivity contribution in [2.75, 3.05) is 14.2 Å². The van der Waals surface area contributed by atoms with Crippen molar-refractivity contribution in [1.29, 1.82) is 0 Å². The molecule has 5 rings (SSSR count). The number of benzene rings is 1. The van der Waals surface area contributed by atoms with E-state index in [2.05, 4.69) is 25.6 Å². The number of amidine groups is 1. The Kier molecular flexibility index (Phi) is 5.68. The predicted molar refractivity (Wildman–Crippen MR) is 124 cm³/mol. The van der Waals surface area contributed by atoms with Crippen LogP contribution < -0.4 is 21.1 Å². The molecule has 4 N–H and O–H groups in total. The normalized spacial score (nSPS) is 22.7. The Hall–Kier alpha value is -3.57. The van der Waals surface area contributed by atoms with Crippen LogP contribution in [0.4, 0.5) is 13.2 Å². The van der Waals surface area contributed by atoms with Crippen LogP contribution in [0.3, 0.4) is 0 Å². The molecule has 3 heterocycles. The summed E-state index contributed by atoms with van der Waals surface area (Å²) >= 11 is 5.93. The summed E-state index contributed by atoms with van der Waals surface area (Å²) in [5, 5.41) is 6.78. The Morgan fingerprint density at radius 2 is 1.94 bits per heavy atom. The van der Waals surface area contributed by atoms with Crippen LogP contribution in [0.15, 0.2) is 53.2 Å². The third kappa shape index (κ3) is 3.90. The van der Waals surface area contributed by atoms with Crippen LogP contribution in [-0.2, 0) is 5.79 Å². The molecule has 2 aliphatic rings. The lowest BCUT2D eigenvalue weighted by Gasteiger charge is -2.40. The van der Waals surface area contributed by atoms with Crippen molar-refractivity contribution in [2.45, 2.75) is 24.5 Å². The highest BCUT2D eigenvalue weighted by molar-refractivity contribution is 6.29. The first-order valence-electron chi connectivity index (χ1n) is 10.7. The number of allylic oxidation sites excluding steroid dienone is 1. The molecule has 1 aliphatic carbocycles. The minimum absolute atomic E-state index is 0.299. The van der Waals surface area contributed by atoms with Crippen molar-refractivity contribution in [2.24, 2.45) is 10.7 Å². The molecule has 1 aromatic carbocycles. The smallest absolute Gasteiger partial charge is 0.194 e. The summed E-state index contributed by atoms with van der Waals surface area (Å²) in [4.78, 5) is 12.8. The molecule has 1 aliphatic heterocycles. The lowest BCUT2D eigenvalue weighted by molar-refractivity contribution is 0.327. The first kappa shape index (κ1) is 23.2. The first-order chi connectivity index (χ1) is 16.7. The van der Waals surface area contributed by atoms with Crippen molar-refractivity contribution < 1.29 is 17.9 Å². The van der Waals surface area contributed by atoms with E-state index in [-0.39, 0.29) is 0 Å². The number of nitrogens with two attached hydrogens (primary N) is 1. The van der Waals surface area contributed by atoms with Crippen LogP contribution in [0.2, 0.25) is 5.15 Å². The summed E-state index contributed by atoms with van der Waals surface area (Å²) in [6.07, 6.45) is 5.79. The fraction of sp³-hybridized carbons (Fsp3) is 0.261. The maximum Gasteiger partial charge on any atom is 0.194 e. The van der Waals surface area contributed by atoms with Gasteiger partial charge in [-0.15, -0.1) is 0 Å². The molecule has 3 aromatic rings. The van der Waals surface area contributed by atoms with E-state index >= 15 is 0 Å². The average Bonchev–Trinajstić information content (AvgIpc) is 3.47. The highest BCUT2D eigenvalue weighted by Gasteiger charge is 2.42. The van der Waals surface area contributed by atoms with E-state index in [4.69, 9.17) is 22.1 Å². The van der Waals surface area contributed by atoms with E-state index in [0.717, 1.165) is 17.7 Å². The monoisotopic (exact) mass is 503 g/mol. The van der Waals surface area contributed by atoms with Gasteiger partial charge in [-0.2, -0.15) is 0 Å². The van der Waals surface area contributed by atoms with Crippen molar-refractivity contribution in [1.82, 2.24) is 25.2 Å². The topological polar surface area (TPSA) is 102 Å². The molecule has 0 bridgehead atoms. The lowest BCUT2D eigenvalue weighted by atomic mass is 9.94. The van der Waals surface area contributed by atoms with E-state index < -0.39 is 29.2 Å².